The summed E-state index contributed by atoms with van der Waals surface area (Å²) >= 11 is 0. The maximum absolute atomic E-state index is 12.4. The highest BCUT2D eigenvalue weighted by molar-refractivity contribution is 5.85. The van der Waals surface area contributed by atoms with Crippen molar-refractivity contribution in [3.05, 3.63) is 71.8 Å². The Balaban J connectivity index is 2.15. The lowest BCUT2D eigenvalue weighted by molar-refractivity contribution is -0.133. The van der Waals surface area contributed by atoms with Gasteiger partial charge >= 0.3 is 0 Å². The third-order valence-corrected chi connectivity index (χ3v) is 3.94. The van der Waals surface area contributed by atoms with Crippen LogP contribution < -0.4 is 11.1 Å². The fourth-order valence-electron chi connectivity index (χ4n) is 2.54. The first-order valence-corrected chi connectivity index (χ1v) is 7.93. The van der Waals surface area contributed by atoms with Gasteiger partial charge in [0.25, 0.3) is 0 Å². The molecule has 0 aromatic heterocycles. The van der Waals surface area contributed by atoms with Crippen molar-refractivity contribution >= 4 is 11.8 Å². The van der Waals surface area contributed by atoms with Crippen LogP contribution in [0, 0.1) is 0 Å². The van der Waals surface area contributed by atoms with E-state index in [4.69, 9.17) is 5.73 Å². The number of carbonyl (C=O) groups excluding carboxylic acids is 2. The number of carbonyl (C=O) groups is 2. The SMILES string of the molecule is CN(C(=O)CNC(=O)CN)C(Cc1ccccc1)c1ccccc1. The maximum atomic E-state index is 12.4. The zero-order valence-electron chi connectivity index (χ0n) is 13.8. The summed E-state index contributed by atoms with van der Waals surface area (Å²) in [6, 6.07) is 19.8. The van der Waals surface area contributed by atoms with E-state index in [1.807, 2.05) is 60.7 Å². The third-order valence-electron chi connectivity index (χ3n) is 3.94. The summed E-state index contributed by atoms with van der Waals surface area (Å²) < 4.78 is 0. The third kappa shape index (κ3) is 4.93. The zero-order chi connectivity index (χ0) is 17.4. The molecule has 24 heavy (non-hydrogen) atoms. The average molecular weight is 325 g/mol. The lowest BCUT2D eigenvalue weighted by Crippen LogP contribution is -2.42. The topological polar surface area (TPSA) is 75.4 Å². The first kappa shape index (κ1) is 17.7. The predicted octanol–water partition coefficient (Wildman–Crippen LogP) is 1.50. The number of benzene rings is 2. The van der Waals surface area contributed by atoms with Crippen LogP contribution in [-0.4, -0.2) is 36.9 Å². The van der Waals surface area contributed by atoms with Crippen LogP contribution in [0.25, 0.3) is 0 Å². The molecule has 2 aromatic carbocycles. The molecule has 5 heteroatoms. The first-order valence-electron chi connectivity index (χ1n) is 7.93. The molecular weight excluding hydrogens is 302 g/mol. The van der Waals surface area contributed by atoms with Crippen molar-refractivity contribution < 1.29 is 9.59 Å². The number of nitrogens with one attached hydrogen (secondary N) is 1. The van der Waals surface area contributed by atoms with Crippen molar-refractivity contribution in [2.24, 2.45) is 5.73 Å². The molecule has 0 aliphatic heterocycles. The van der Waals surface area contributed by atoms with E-state index in [0.717, 1.165) is 11.1 Å². The van der Waals surface area contributed by atoms with Gasteiger partial charge in [0.1, 0.15) is 0 Å². The molecule has 2 amide bonds. The quantitative estimate of drug-likeness (QED) is 0.810. The second-order valence-electron chi connectivity index (χ2n) is 5.60. The Morgan fingerprint density at radius 3 is 2.21 bits per heavy atom. The predicted molar refractivity (Wildman–Crippen MR) is 94.2 cm³/mol. The molecule has 0 radical (unpaired) electrons. The number of likely N-dealkylation sites (N-methyl/N-ethyl adjacent to an activating group) is 1. The highest BCUT2D eigenvalue weighted by Gasteiger charge is 2.22. The molecule has 2 aromatic rings. The Hall–Kier alpha value is -2.66. The van der Waals surface area contributed by atoms with E-state index in [-0.39, 0.29) is 30.9 Å². The summed E-state index contributed by atoms with van der Waals surface area (Å²) in [5, 5.41) is 2.53. The van der Waals surface area contributed by atoms with E-state index in [1.54, 1.807) is 11.9 Å². The minimum absolute atomic E-state index is 0.0509. The highest BCUT2D eigenvalue weighted by Crippen LogP contribution is 2.24. The van der Waals surface area contributed by atoms with Crippen molar-refractivity contribution in [3.8, 4) is 0 Å². The molecule has 5 nitrogen and oxygen atoms in total. The smallest absolute Gasteiger partial charge is 0.242 e. The van der Waals surface area contributed by atoms with Crippen molar-refractivity contribution in [3.63, 3.8) is 0 Å². The molecular formula is C19H23N3O2. The van der Waals surface area contributed by atoms with Crippen LogP contribution >= 0.6 is 0 Å². The monoisotopic (exact) mass is 325 g/mol. The number of nitrogens with two attached hydrogens (primary N) is 1. The summed E-state index contributed by atoms with van der Waals surface area (Å²) in [5.74, 6) is -0.488. The number of hydrogen-bond acceptors (Lipinski definition) is 3. The van der Waals surface area contributed by atoms with E-state index in [9.17, 15) is 9.59 Å². The van der Waals surface area contributed by atoms with Gasteiger partial charge in [-0.25, -0.2) is 0 Å². The fourth-order valence-corrected chi connectivity index (χ4v) is 2.54. The first-order chi connectivity index (χ1) is 11.6. The highest BCUT2D eigenvalue weighted by atomic mass is 16.2. The van der Waals surface area contributed by atoms with Crippen LogP contribution in [0.1, 0.15) is 17.2 Å². The second-order valence-corrected chi connectivity index (χ2v) is 5.60. The molecule has 0 saturated heterocycles. The fraction of sp³-hybridized carbons (Fsp3) is 0.263. The van der Waals surface area contributed by atoms with Gasteiger partial charge in [-0.15, -0.1) is 0 Å². The van der Waals surface area contributed by atoms with E-state index in [1.165, 1.54) is 0 Å². The lowest BCUT2D eigenvalue weighted by Gasteiger charge is -2.29. The Kier molecular flexibility index (Phi) is 6.51. The lowest BCUT2D eigenvalue weighted by atomic mass is 9.97. The van der Waals surface area contributed by atoms with Crippen LogP contribution in [0.15, 0.2) is 60.7 Å². The maximum Gasteiger partial charge on any atom is 0.242 e. The van der Waals surface area contributed by atoms with Gasteiger partial charge in [-0.3, -0.25) is 9.59 Å². The molecule has 0 heterocycles. The molecule has 0 bridgehead atoms. The van der Waals surface area contributed by atoms with Crippen molar-refractivity contribution in [2.45, 2.75) is 12.5 Å². The van der Waals surface area contributed by atoms with Gasteiger partial charge in [0.2, 0.25) is 11.8 Å². The summed E-state index contributed by atoms with van der Waals surface area (Å²) in [6.45, 7) is -0.173. The zero-order valence-corrected chi connectivity index (χ0v) is 13.8. The van der Waals surface area contributed by atoms with Gasteiger partial charge in [-0.1, -0.05) is 60.7 Å². The molecule has 0 aliphatic rings. The van der Waals surface area contributed by atoms with E-state index < -0.39 is 0 Å². The Labute approximate surface area is 142 Å². The van der Waals surface area contributed by atoms with Crippen LogP contribution in [0.5, 0.6) is 0 Å². The number of amides is 2. The Morgan fingerprint density at radius 2 is 1.62 bits per heavy atom. The van der Waals surface area contributed by atoms with Crippen LogP contribution in [0.2, 0.25) is 0 Å². The molecule has 126 valence electrons. The van der Waals surface area contributed by atoms with E-state index in [2.05, 4.69) is 5.32 Å². The number of hydrogen-bond donors (Lipinski definition) is 2. The molecule has 0 aliphatic carbocycles. The van der Waals surface area contributed by atoms with Crippen molar-refractivity contribution in [1.29, 1.82) is 0 Å². The summed E-state index contributed by atoms with van der Waals surface area (Å²) in [5.41, 5.74) is 7.46. The molecule has 1 unspecified atom stereocenters. The van der Waals surface area contributed by atoms with Crippen molar-refractivity contribution in [2.75, 3.05) is 20.1 Å². The van der Waals surface area contributed by atoms with Gasteiger partial charge in [0.05, 0.1) is 19.1 Å². The summed E-state index contributed by atoms with van der Waals surface area (Å²) in [6.07, 6.45) is 0.706. The molecule has 2 rings (SSSR count). The van der Waals surface area contributed by atoms with Crippen LogP contribution in [0.3, 0.4) is 0 Å². The number of nitrogens with zero attached hydrogens (tertiary/aromatic N) is 1. The summed E-state index contributed by atoms with van der Waals surface area (Å²) in [4.78, 5) is 25.4. The Bertz CT molecular complexity index is 659. The molecule has 0 saturated carbocycles. The Morgan fingerprint density at radius 1 is 1.04 bits per heavy atom. The van der Waals surface area contributed by atoms with Crippen LogP contribution in [0.4, 0.5) is 0 Å². The van der Waals surface area contributed by atoms with Crippen molar-refractivity contribution in [1.82, 2.24) is 10.2 Å². The van der Waals surface area contributed by atoms with E-state index >= 15 is 0 Å². The second kappa shape index (κ2) is 8.84. The number of rotatable bonds is 7. The average Bonchev–Trinajstić information content (AvgIpc) is 2.64. The van der Waals surface area contributed by atoms with Gasteiger partial charge in [-0.05, 0) is 17.5 Å². The largest absolute Gasteiger partial charge is 0.346 e. The van der Waals surface area contributed by atoms with E-state index in [0.29, 0.717) is 6.42 Å². The molecule has 3 N–H and O–H groups in total. The minimum atomic E-state index is -0.337. The van der Waals surface area contributed by atoms with Crippen LogP contribution in [-0.2, 0) is 16.0 Å². The molecule has 0 fully saturated rings. The van der Waals surface area contributed by atoms with Gasteiger partial charge in [0, 0.05) is 7.05 Å². The standard InChI is InChI=1S/C19H23N3O2/c1-22(19(24)14-21-18(23)13-20)17(16-10-6-3-7-11-16)12-15-8-4-2-5-9-15/h2-11,17H,12-14,20H2,1H3,(H,21,23). The van der Waals surface area contributed by atoms with Gasteiger partial charge in [-0.2, -0.15) is 0 Å². The van der Waals surface area contributed by atoms with Gasteiger partial charge in [0.15, 0.2) is 0 Å². The normalized spacial score (nSPS) is 11.6. The molecule has 1 atom stereocenters. The summed E-state index contributed by atoms with van der Waals surface area (Å²) in [7, 11) is 1.76. The molecule has 0 spiro atoms. The van der Waals surface area contributed by atoms with Gasteiger partial charge < -0.3 is 16.0 Å². The minimum Gasteiger partial charge on any atom is -0.346 e.